The van der Waals surface area contributed by atoms with Crippen molar-refractivity contribution < 1.29 is 4.74 Å². The molecule has 2 radical (unpaired) electrons. The summed E-state index contributed by atoms with van der Waals surface area (Å²) in [6, 6.07) is 0. The van der Waals surface area contributed by atoms with Crippen molar-refractivity contribution in [2.75, 3.05) is 19.6 Å². The van der Waals surface area contributed by atoms with E-state index in [1.807, 2.05) is 0 Å². The highest BCUT2D eigenvalue weighted by molar-refractivity contribution is 6.08. The number of hydrogen-bond acceptors (Lipinski definition) is 2. The van der Waals surface area contributed by atoms with Crippen LogP contribution in [0, 0.1) is 0 Å². The second-order valence-corrected chi connectivity index (χ2v) is 3.14. The second-order valence-electron chi connectivity index (χ2n) is 3.14. The molecule has 0 unspecified atom stereocenters. The summed E-state index contributed by atoms with van der Waals surface area (Å²) in [6.07, 6.45) is 1.98. The van der Waals surface area contributed by atoms with Crippen LogP contribution in [0.1, 0.15) is 40.5 Å². The zero-order valence-electron chi connectivity index (χ0n) is 9.47. The Morgan fingerprint density at radius 2 is 1.54 bits per heavy atom. The number of ether oxygens (including phenoxy) is 1. The molecule has 0 aliphatic carbocycles. The smallest absolute Gasteiger partial charge is 0.120 e. The first-order valence-electron chi connectivity index (χ1n) is 5.29. The summed E-state index contributed by atoms with van der Waals surface area (Å²) in [5, 5.41) is 0. The third-order valence-corrected chi connectivity index (χ3v) is 2.80. The highest BCUT2D eigenvalue weighted by atomic mass is 16.5. The van der Waals surface area contributed by atoms with Crippen LogP contribution in [0.25, 0.3) is 0 Å². The van der Waals surface area contributed by atoms with E-state index in [4.69, 9.17) is 12.6 Å². The van der Waals surface area contributed by atoms with Gasteiger partial charge in [0.1, 0.15) is 13.6 Å². The van der Waals surface area contributed by atoms with Crippen LogP contribution in [0.3, 0.4) is 0 Å². The Morgan fingerprint density at radius 3 is 1.77 bits per heavy atom. The molecule has 0 aliphatic rings. The average molecular weight is 183 g/mol. The van der Waals surface area contributed by atoms with Gasteiger partial charge < -0.3 is 4.74 Å². The van der Waals surface area contributed by atoms with Crippen LogP contribution < -0.4 is 0 Å². The van der Waals surface area contributed by atoms with Gasteiger partial charge in [-0.25, -0.2) is 0 Å². The van der Waals surface area contributed by atoms with Crippen LogP contribution in [0.2, 0.25) is 0 Å². The molecule has 0 aromatic rings. The van der Waals surface area contributed by atoms with Crippen molar-refractivity contribution in [1.82, 2.24) is 4.90 Å². The Labute approximate surface area is 84.0 Å². The van der Waals surface area contributed by atoms with Crippen LogP contribution in [0.5, 0.6) is 0 Å². The monoisotopic (exact) mass is 183 g/mol. The fraction of sp³-hybridized carbons (Fsp3) is 1.00. The lowest BCUT2D eigenvalue weighted by atomic mass is 10.0. The molecule has 0 fully saturated rings. The maximum atomic E-state index is 5.68. The van der Waals surface area contributed by atoms with Crippen LogP contribution >= 0.6 is 0 Å². The highest BCUT2D eigenvalue weighted by Crippen LogP contribution is 2.24. The maximum Gasteiger partial charge on any atom is 0.120 e. The standard InChI is InChI=1S/C10H22BNO/c1-5-10(6-2,13-9-11)12(7-3)8-4/h5-9H2,1-4H3. The summed E-state index contributed by atoms with van der Waals surface area (Å²) in [4.78, 5) is 2.33. The molecule has 76 valence electrons. The molecule has 0 saturated heterocycles. The van der Waals surface area contributed by atoms with Gasteiger partial charge in [0.05, 0.1) is 0 Å². The Hall–Kier alpha value is -0.0151. The molecule has 0 amide bonds. The lowest BCUT2D eigenvalue weighted by Gasteiger charge is -2.41. The van der Waals surface area contributed by atoms with Crippen molar-refractivity contribution in [2.24, 2.45) is 0 Å². The van der Waals surface area contributed by atoms with Gasteiger partial charge in [-0.2, -0.15) is 0 Å². The molecule has 0 atom stereocenters. The van der Waals surface area contributed by atoms with Gasteiger partial charge in [-0.3, -0.25) is 4.90 Å². The van der Waals surface area contributed by atoms with Crippen molar-refractivity contribution in [2.45, 2.75) is 46.3 Å². The van der Waals surface area contributed by atoms with Crippen LogP contribution in [0.4, 0.5) is 0 Å². The van der Waals surface area contributed by atoms with Crippen molar-refractivity contribution in [3.8, 4) is 0 Å². The summed E-state index contributed by atoms with van der Waals surface area (Å²) < 4.78 is 5.68. The Bertz CT molecular complexity index is 122. The molecular formula is C10H22BNO. The van der Waals surface area contributed by atoms with E-state index in [1.165, 1.54) is 0 Å². The van der Waals surface area contributed by atoms with E-state index in [1.54, 1.807) is 0 Å². The largest absolute Gasteiger partial charge is 0.370 e. The predicted molar refractivity (Wildman–Crippen MR) is 57.9 cm³/mol. The molecule has 0 aliphatic heterocycles. The molecule has 0 aromatic heterocycles. The van der Waals surface area contributed by atoms with Gasteiger partial charge in [0.2, 0.25) is 0 Å². The summed E-state index contributed by atoms with van der Waals surface area (Å²) in [7, 11) is 5.46. The number of rotatable bonds is 7. The third kappa shape index (κ3) is 2.99. The van der Waals surface area contributed by atoms with Crippen LogP contribution in [-0.2, 0) is 4.74 Å². The molecule has 0 N–H and O–H groups in total. The normalized spacial score (nSPS) is 12.4. The van der Waals surface area contributed by atoms with E-state index < -0.39 is 0 Å². The van der Waals surface area contributed by atoms with Gasteiger partial charge in [0.25, 0.3) is 0 Å². The molecule has 0 bridgehead atoms. The van der Waals surface area contributed by atoms with Crippen LogP contribution in [-0.4, -0.2) is 38.1 Å². The fourth-order valence-corrected chi connectivity index (χ4v) is 1.95. The van der Waals surface area contributed by atoms with E-state index in [0.717, 1.165) is 25.9 Å². The fourth-order valence-electron chi connectivity index (χ4n) is 1.95. The zero-order chi connectivity index (χ0) is 10.3. The minimum atomic E-state index is -0.141. The first-order valence-corrected chi connectivity index (χ1v) is 5.29. The van der Waals surface area contributed by atoms with E-state index in [9.17, 15) is 0 Å². The predicted octanol–water partition coefficient (Wildman–Crippen LogP) is 1.99. The summed E-state index contributed by atoms with van der Waals surface area (Å²) in [6.45, 7) is 10.9. The second kappa shape index (κ2) is 6.44. The van der Waals surface area contributed by atoms with Crippen molar-refractivity contribution >= 4 is 7.85 Å². The van der Waals surface area contributed by atoms with Gasteiger partial charge in [-0.05, 0) is 25.9 Å². The summed E-state index contributed by atoms with van der Waals surface area (Å²) >= 11 is 0. The number of nitrogens with zero attached hydrogens (tertiary/aromatic N) is 1. The minimum absolute atomic E-state index is 0.141. The lowest BCUT2D eigenvalue weighted by molar-refractivity contribution is -0.144. The van der Waals surface area contributed by atoms with Gasteiger partial charge in [0, 0.05) is 6.51 Å². The topological polar surface area (TPSA) is 12.5 Å². The van der Waals surface area contributed by atoms with Crippen molar-refractivity contribution in [3.63, 3.8) is 0 Å². The highest BCUT2D eigenvalue weighted by Gasteiger charge is 2.31. The first-order chi connectivity index (χ1) is 6.20. The molecule has 0 rings (SSSR count). The molecule has 13 heavy (non-hydrogen) atoms. The quantitative estimate of drug-likeness (QED) is 0.442. The van der Waals surface area contributed by atoms with Gasteiger partial charge in [-0.15, -0.1) is 0 Å². The summed E-state index contributed by atoms with van der Waals surface area (Å²) in [5.41, 5.74) is -0.141. The molecular weight excluding hydrogens is 161 g/mol. The molecule has 2 nitrogen and oxygen atoms in total. The van der Waals surface area contributed by atoms with Gasteiger partial charge in [0.15, 0.2) is 0 Å². The van der Waals surface area contributed by atoms with E-state index in [2.05, 4.69) is 32.6 Å². The lowest BCUT2D eigenvalue weighted by Crippen LogP contribution is -2.50. The summed E-state index contributed by atoms with van der Waals surface area (Å²) in [5.74, 6) is 0. The van der Waals surface area contributed by atoms with E-state index in [0.29, 0.717) is 6.51 Å². The zero-order valence-corrected chi connectivity index (χ0v) is 9.47. The van der Waals surface area contributed by atoms with E-state index in [-0.39, 0.29) is 5.72 Å². The van der Waals surface area contributed by atoms with Gasteiger partial charge >= 0.3 is 0 Å². The molecule has 3 heteroatoms. The SMILES string of the molecule is [B]COC(CC)(CC)N(CC)CC. The molecule has 0 spiro atoms. The van der Waals surface area contributed by atoms with E-state index >= 15 is 0 Å². The third-order valence-electron chi connectivity index (χ3n) is 2.80. The van der Waals surface area contributed by atoms with Crippen molar-refractivity contribution in [3.05, 3.63) is 0 Å². The molecule has 0 heterocycles. The maximum absolute atomic E-state index is 5.68. The van der Waals surface area contributed by atoms with Gasteiger partial charge in [-0.1, -0.05) is 27.7 Å². The van der Waals surface area contributed by atoms with Crippen LogP contribution in [0.15, 0.2) is 0 Å². The number of hydrogen-bond donors (Lipinski definition) is 0. The first kappa shape index (κ1) is 13.0. The Morgan fingerprint density at radius 1 is 1.08 bits per heavy atom. The van der Waals surface area contributed by atoms with Crippen molar-refractivity contribution in [1.29, 1.82) is 0 Å². The minimum Gasteiger partial charge on any atom is -0.370 e. The average Bonchev–Trinajstić information content (AvgIpc) is 2.18. The Kier molecular flexibility index (Phi) is 6.43. The molecule has 0 aromatic carbocycles. The molecule has 0 saturated carbocycles. The Balaban J connectivity index is 4.50.